The maximum atomic E-state index is 13.7. The molecule has 10 heteroatoms. The van der Waals surface area contributed by atoms with Crippen molar-refractivity contribution in [1.29, 1.82) is 5.26 Å². The van der Waals surface area contributed by atoms with Crippen LogP contribution in [0.5, 0.6) is 5.75 Å². The van der Waals surface area contributed by atoms with Crippen molar-refractivity contribution in [2.75, 3.05) is 26.2 Å². The molecule has 3 heterocycles. The van der Waals surface area contributed by atoms with Gasteiger partial charge in [0.15, 0.2) is 0 Å². The Labute approximate surface area is 299 Å². The van der Waals surface area contributed by atoms with Gasteiger partial charge >= 0.3 is 6.09 Å². The Balaban J connectivity index is 1.03. The quantitative estimate of drug-likeness (QED) is 0.312. The molecule has 6 rings (SSSR count). The molecule has 1 aromatic heterocycles. The molecule has 2 aromatic rings. The number of nitrogens with zero attached hydrogens (tertiary/aromatic N) is 5. The van der Waals surface area contributed by atoms with Gasteiger partial charge in [-0.05, 0) is 98.6 Å². The number of carbonyl (C=O) groups excluding carboxylic acids is 2. The van der Waals surface area contributed by atoms with Crippen molar-refractivity contribution in [2.24, 2.45) is 16.7 Å². The van der Waals surface area contributed by atoms with E-state index in [0.29, 0.717) is 58.6 Å². The number of benzene rings is 1. The maximum absolute atomic E-state index is 13.7. The molecule has 260 valence electrons. The number of amides is 2. The second kappa shape index (κ2) is 13.3. The molecule has 0 radical (unpaired) electrons. The van der Waals surface area contributed by atoms with Crippen LogP contribution in [0.25, 0.3) is 0 Å². The summed E-state index contributed by atoms with van der Waals surface area (Å²) in [5.74, 6) is 7.87. The zero-order valence-electron chi connectivity index (χ0n) is 29.8. The standard InChI is InChI=1S/C39H48BrN5O4/c1-37(2,3)49-36(47)44-20-18-43(19-21-44)28-14-9-25(10-15-28)8-12-27-13-17-30-32(42-27)24-45(33(30)46)34-38(4,5)35(39(34,6)7)48-29-16-11-26(23-41)31(40)22-29/h11,13,16-17,22,25,28,34-35H,9-10,14-15,18-21,24H2,1-7H3. The van der Waals surface area contributed by atoms with Crippen molar-refractivity contribution >= 4 is 27.9 Å². The van der Waals surface area contributed by atoms with Crippen LogP contribution in [0.1, 0.15) is 101 Å². The Bertz CT molecular complexity index is 1700. The Morgan fingerprint density at radius 3 is 2.29 bits per heavy atom. The minimum Gasteiger partial charge on any atom is -0.489 e. The van der Waals surface area contributed by atoms with E-state index in [0.717, 1.165) is 44.5 Å². The highest BCUT2D eigenvalue weighted by molar-refractivity contribution is 9.10. The van der Waals surface area contributed by atoms with Crippen LogP contribution in [-0.2, 0) is 11.3 Å². The van der Waals surface area contributed by atoms with Gasteiger partial charge in [0.1, 0.15) is 29.2 Å². The molecule has 2 saturated carbocycles. The highest BCUT2D eigenvalue weighted by Crippen LogP contribution is 2.59. The number of hydrogen-bond acceptors (Lipinski definition) is 7. The Kier molecular flexibility index (Phi) is 9.54. The van der Waals surface area contributed by atoms with Crippen LogP contribution in [0, 0.1) is 39.9 Å². The molecule has 0 atom stereocenters. The van der Waals surface area contributed by atoms with E-state index < -0.39 is 5.60 Å². The van der Waals surface area contributed by atoms with Gasteiger partial charge < -0.3 is 19.3 Å². The lowest BCUT2D eigenvalue weighted by atomic mass is 9.49. The number of pyridine rings is 1. The first-order valence-corrected chi connectivity index (χ1v) is 18.3. The van der Waals surface area contributed by atoms with E-state index in [9.17, 15) is 14.9 Å². The predicted molar refractivity (Wildman–Crippen MR) is 191 cm³/mol. The number of ether oxygens (including phenoxy) is 2. The van der Waals surface area contributed by atoms with Gasteiger partial charge in [-0.1, -0.05) is 33.6 Å². The molecule has 9 nitrogen and oxygen atoms in total. The maximum Gasteiger partial charge on any atom is 0.410 e. The average Bonchev–Trinajstić information content (AvgIpc) is 3.35. The highest BCUT2D eigenvalue weighted by Gasteiger charge is 2.67. The predicted octanol–water partition coefficient (Wildman–Crippen LogP) is 7.02. The largest absolute Gasteiger partial charge is 0.489 e. The molecule has 49 heavy (non-hydrogen) atoms. The summed E-state index contributed by atoms with van der Waals surface area (Å²) >= 11 is 3.47. The molecule has 0 unspecified atom stereocenters. The van der Waals surface area contributed by atoms with Crippen LogP contribution < -0.4 is 4.74 Å². The molecule has 2 aliphatic heterocycles. The summed E-state index contributed by atoms with van der Waals surface area (Å²) in [5, 5.41) is 9.28. The van der Waals surface area contributed by atoms with Crippen LogP contribution in [-0.4, -0.2) is 81.7 Å². The van der Waals surface area contributed by atoms with Crippen LogP contribution in [0.2, 0.25) is 0 Å². The fourth-order valence-corrected chi connectivity index (χ4v) is 9.30. The van der Waals surface area contributed by atoms with Crippen LogP contribution in [0.4, 0.5) is 4.79 Å². The summed E-state index contributed by atoms with van der Waals surface area (Å²) in [6.45, 7) is 18.0. The first-order valence-electron chi connectivity index (χ1n) is 17.5. The molecular formula is C39H48BrN5O4. The van der Waals surface area contributed by atoms with Crippen LogP contribution in [0.3, 0.4) is 0 Å². The van der Waals surface area contributed by atoms with Crippen molar-refractivity contribution < 1.29 is 19.1 Å². The zero-order chi connectivity index (χ0) is 35.3. The van der Waals surface area contributed by atoms with Gasteiger partial charge in [-0.25, -0.2) is 9.78 Å². The number of carbonyl (C=O) groups is 2. The van der Waals surface area contributed by atoms with Gasteiger partial charge in [-0.3, -0.25) is 9.69 Å². The molecule has 3 fully saturated rings. The van der Waals surface area contributed by atoms with Gasteiger partial charge in [0.2, 0.25) is 0 Å². The number of rotatable bonds is 4. The topological polar surface area (TPSA) is 99.0 Å². The van der Waals surface area contributed by atoms with Crippen molar-refractivity contribution in [2.45, 2.75) is 104 Å². The van der Waals surface area contributed by atoms with E-state index in [-0.39, 0.29) is 35.0 Å². The average molecular weight is 731 g/mol. The number of nitriles is 1. The second-order valence-corrected chi connectivity index (χ2v) is 17.1. The first kappa shape index (κ1) is 35.2. The molecule has 1 saturated heterocycles. The SMILES string of the molecule is CC(C)(C)OC(=O)N1CCN(C2CCC(C#Cc3ccc4c(n3)CN(C3C(C)(C)C(Oc5ccc(C#N)c(Br)c5)C3(C)C)C4=O)CC2)CC1. The molecule has 2 aliphatic carbocycles. The lowest BCUT2D eigenvalue weighted by Gasteiger charge is -2.65. The zero-order valence-corrected chi connectivity index (χ0v) is 31.4. The summed E-state index contributed by atoms with van der Waals surface area (Å²) < 4.78 is 12.8. The van der Waals surface area contributed by atoms with E-state index in [4.69, 9.17) is 14.5 Å². The van der Waals surface area contributed by atoms with Crippen molar-refractivity contribution in [3.63, 3.8) is 0 Å². The van der Waals surface area contributed by atoms with Gasteiger partial charge in [-0.2, -0.15) is 5.26 Å². The molecule has 0 N–H and O–H groups in total. The minimum absolute atomic E-state index is 0.0120. The Morgan fingerprint density at radius 1 is 1.00 bits per heavy atom. The van der Waals surface area contributed by atoms with E-state index in [2.05, 4.69) is 66.4 Å². The second-order valence-electron chi connectivity index (χ2n) is 16.2. The minimum atomic E-state index is -0.473. The van der Waals surface area contributed by atoms with Crippen LogP contribution in [0.15, 0.2) is 34.8 Å². The van der Waals surface area contributed by atoms with E-state index in [1.807, 2.05) is 54.8 Å². The fourth-order valence-electron chi connectivity index (χ4n) is 8.85. The van der Waals surface area contributed by atoms with Gasteiger partial charge in [0, 0.05) is 59.5 Å². The Morgan fingerprint density at radius 2 is 1.67 bits per heavy atom. The molecule has 2 amide bonds. The molecule has 0 bridgehead atoms. The highest BCUT2D eigenvalue weighted by atomic mass is 79.9. The summed E-state index contributed by atoms with van der Waals surface area (Å²) in [6, 6.07) is 11.9. The lowest BCUT2D eigenvalue weighted by Crippen LogP contribution is -2.74. The summed E-state index contributed by atoms with van der Waals surface area (Å²) in [7, 11) is 0. The van der Waals surface area contributed by atoms with Gasteiger partial charge in [0.25, 0.3) is 5.91 Å². The van der Waals surface area contributed by atoms with Crippen molar-refractivity contribution in [3.8, 4) is 23.7 Å². The van der Waals surface area contributed by atoms with Gasteiger partial charge in [0.05, 0.1) is 23.4 Å². The van der Waals surface area contributed by atoms with E-state index in [1.54, 1.807) is 6.07 Å². The van der Waals surface area contributed by atoms with E-state index >= 15 is 0 Å². The van der Waals surface area contributed by atoms with Gasteiger partial charge in [-0.15, -0.1) is 0 Å². The Hall–Kier alpha value is -3.60. The monoisotopic (exact) mass is 729 g/mol. The fraction of sp³-hybridized carbons (Fsp3) is 0.590. The van der Waals surface area contributed by atoms with E-state index in [1.165, 1.54) is 0 Å². The molecule has 0 spiro atoms. The number of hydrogen-bond donors (Lipinski definition) is 0. The van der Waals surface area contributed by atoms with Crippen LogP contribution >= 0.6 is 15.9 Å². The third kappa shape index (κ3) is 7.05. The summed E-state index contributed by atoms with van der Waals surface area (Å²) in [6.07, 6.45) is 3.96. The number of fused-ring (bicyclic) bond motifs is 1. The lowest BCUT2D eigenvalue weighted by molar-refractivity contribution is -0.199. The summed E-state index contributed by atoms with van der Waals surface area (Å²) in [5.41, 5.74) is 1.63. The number of halogens is 1. The first-order chi connectivity index (χ1) is 23.1. The smallest absolute Gasteiger partial charge is 0.410 e. The molecule has 4 aliphatic rings. The summed E-state index contributed by atoms with van der Waals surface area (Å²) in [4.78, 5) is 37.4. The van der Waals surface area contributed by atoms with Crippen molar-refractivity contribution in [3.05, 3.63) is 57.3 Å². The van der Waals surface area contributed by atoms with Crippen molar-refractivity contribution in [1.82, 2.24) is 19.7 Å². The normalized spacial score (nSPS) is 26.1. The third-order valence-electron chi connectivity index (χ3n) is 10.8. The number of piperazine rings is 1. The molecule has 1 aromatic carbocycles. The molecular weight excluding hydrogens is 682 g/mol. The third-order valence-corrected chi connectivity index (χ3v) is 11.4. The number of aromatic nitrogens is 1.